The zero-order chi connectivity index (χ0) is 14.7. The van der Waals surface area contributed by atoms with Gasteiger partial charge in [0.15, 0.2) is 0 Å². The summed E-state index contributed by atoms with van der Waals surface area (Å²) in [6.45, 7) is 2.15. The van der Waals surface area contributed by atoms with Crippen LogP contribution in [-0.2, 0) is 13.1 Å². The molecule has 1 atom stereocenters. The third kappa shape index (κ3) is 3.12. The van der Waals surface area contributed by atoms with Crippen molar-refractivity contribution < 1.29 is 4.39 Å². The van der Waals surface area contributed by atoms with Crippen LogP contribution in [0.3, 0.4) is 0 Å². The number of benzene rings is 1. The average molecular weight is 285 g/mol. The van der Waals surface area contributed by atoms with E-state index in [9.17, 15) is 4.39 Å². The van der Waals surface area contributed by atoms with Gasteiger partial charge in [-0.3, -0.25) is 9.88 Å². The molecule has 0 amide bonds. The number of likely N-dealkylation sites (tertiary alicyclic amines) is 1. The summed E-state index contributed by atoms with van der Waals surface area (Å²) in [4.78, 5) is 6.53. The van der Waals surface area contributed by atoms with Crippen LogP contribution in [0.1, 0.15) is 35.6 Å². The lowest BCUT2D eigenvalue weighted by Gasteiger charge is -2.25. The summed E-state index contributed by atoms with van der Waals surface area (Å²) in [6.07, 6.45) is 6.04. The molecule has 0 radical (unpaired) electrons. The van der Waals surface area contributed by atoms with Crippen LogP contribution in [0.5, 0.6) is 0 Å². The molecule has 0 saturated carbocycles. The Morgan fingerprint density at radius 3 is 2.81 bits per heavy atom. The Bertz CT molecular complexity index is 600. The third-order valence-corrected chi connectivity index (χ3v) is 4.17. The molecule has 1 aromatic carbocycles. The Kier molecular flexibility index (Phi) is 4.27. The first-order chi connectivity index (χ1) is 10.3. The summed E-state index contributed by atoms with van der Waals surface area (Å²) in [5, 5.41) is 0. The van der Waals surface area contributed by atoms with E-state index in [4.69, 9.17) is 5.73 Å². The molecule has 1 fully saturated rings. The van der Waals surface area contributed by atoms with E-state index in [0.29, 0.717) is 11.6 Å². The molecule has 2 aromatic rings. The fourth-order valence-electron chi connectivity index (χ4n) is 3.10. The van der Waals surface area contributed by atoms with Crippen LogP contribution in [0.4, 0.5) is 4.39 Å². The molecule has 1 aromatic heterocycles. The highest BCUT2D eigenvalue weighted by Gasteiger charge is 2.25. The van der Waals surface area contributed by atoms with Gasteiger partial charge in [-0.15, -0.1) is 0 Å². The number of halogens is 1. The highest BCUT2D eigenvalue weighted by Crippen LogP contribution is 2.32. The lowest BCUT2D eigenvalue weighted by atomic mass is 10.0. The highest BCUT2D eigenvalue weighted by molar-refractivity contribution is 5.26. The first kappa shape index (κ1) is 14.2. The molecule has 110 valence electrons. The SMILES string of the molecule is NCc1cc(CN2CCCC2c2ccncc2)ccc1F. The van der Waals surface area contributed by atoms with Gasteiger partial charge in [-0.25, -0.2) is 4.39 Å². The standard InChI is InChI=1S/C17H20FN3/c18-16-4-3-13(10-15(16)11-19)12-21-9-1-2-17(21)14-5-7-20-8-6-14/h3-8,10,17H,1-2,9,11-12,19H2. The number of aromatic nitrogens is 1. The summed E-state index contributed by atoms with van der Waals surface area (Å²) < 4.78 is 13.5. The molecule has 0 aliphatic carbocycles. The Hall–Kier alpha value is -1.78. The zero-order valence-electron chi connectivity index (χ0n) is 12.0. The smallest absolute Gasteiger partial charge is 0.127 e. The quantitative estimate of drug-likeness (QED) is 0.939. The monoisotopic (exact) mass is 285 g/mol. The normalized spacial score (nSPS) is 19.0. The van der Waals surface area contributed by atoms with Gasteiger partial charge >= 0.3 is 0 Å². The van der Waals surface area contributed by atoms with Crippen LogP contribution in [0.25, 0.3) is 0 Å². The average Bonchev–Trinajstić information content (AvgIpc) is 2.98. The molecule has 3 rings (SSSR count). The minimum absolute atomic E-state index is 0.214. The predicted molar refractivity (Wildman–Crippen MR) is 80.9 cm³/mol. The van der Waals surface area contributed by atoms with Gasteiger partial charge in [0, 0.05) is 37.1 Å². The maximum Gasteiger partial charge on any atom is 0.127 e. The zero-order valence-corrected chi connectivity index (χ0v) is 12.0. The van der Waals surface area contributed by atoms with Crippen LogP contribution in [0.2, 0.25) is 0 Å². The minimum atomic E-state index is -0.214. The Labute approximate surface area is 124 Å². The summed E-state index contributed by atoms with van der Waals surface area (Å²) in [5.41, 5.74) is 8.61. The van der Waals surface area contributed by atoms with E-state index < -0.39 is 0 Å². The van der Waals surface area contributed by atoms with Crippen molar-refractivity contribution in [1.29, 1.82) is 0 Å². The van der Waals surface area contributed by atoms with Crippen molar-refractivity contribution in [1.82, 2.24) is 9.88 Å². The second-order valence-electron chi connectivity index (χ2n) is 5.54. The Morgan fingerprint density at radius 1 is 1.24 bits per heavy atom. The van der Waals surface area contributed by atoms with E-state index in [1.807, 2.05) is 24.5 Å². The van der Waals surface area contributed by atoms with Gasteiger partial charge in [0.2, 0.25) is 0 Å². The van der Waals surface area contributed by atoms with Gasteiger partial charge in [-0.2, -0.15) is 0 Å². The van der Waals surface area contributed by atoms with Gasteiger partial charge in [0.1, 0.15) is 5.82 Å². The van der Waals surface area contributed by atoms with Crippen molar-refractivity contribution in [3.63, 3.8) is 0 Å². The first-order valence-corrected chi connectivity index (χ1v) is 7.39. The molecule has 0 spiro atoms. The summed E-state index contributed by atoms with van der Waals surface area (Å²) >= 11 is 0. The third-order valence-electron chi connectivity index (χ3n) is 4.17. The molecule has 4 heteroatoms. The molecule has 3 nitrogen and oxygen atoms in total. The molecular weight excluding hydrogens is 265 g/mol. The molecule has 21 heavy (non-hydrogen) atoms. The number of nitrogens with two attached hydrogens (primary N) is 1. The van der Waals surface area contributed by atoms with Crippen LogP contribution in [0.15, 0.2) is 42.7 Å². The second kappa shape index (κ2) is 6.33. The second-order valence-corrected chi connectivity index (χ2v) is 5.54. The molecule has 1 saturated heterocycles. The first-order valence-electron chi connectivity index (χ1n) is 7.39. The van der Waals surface area contributed by atoms with Crippen molar-refractivity contribution in [3.8, 4) is 0 Å². The van der Waals surface area contributed by atoms with E-state index in [1.54, 1.807) is 0 Å². The van der Waals surface area contributed by atoms with Gasteiger partial charge in [0.25, 0.3) is 0 Å². The van der Waals surface area contributed by atoms with Crippen molar-refractivity contribution >= 4 is 0 Å². The van der Waals surface area contributed by atoms with Crippen molar-refractivity contribution in [2.75, 3.05) is 6.54 Å². The van der Waals surface area contributed by atoms with E-state index in [2.05, 4.69) is 22.0 Å². The van der Waals surface area contributed by atoms with Gasteiger partial charge in [0.05, 0.1) is 0 Å². The molecule has 2 heterocycles. The van der Waals surface area contributed by atoms with Crippen molar-refractivity contribution in [2.45, 2.75) is 32.0 Å². The molecule has 1 aliphatic heterocycles. The van der Waals surface area contributed by atoms with Crippen LogP contribution >= 0.6 is 0 Å². The number of hydrogen-bond donors (Lipinski definition) is 1. The van der Waals surface area contributed by atoms with Crippen LogP contribution < -0.4 is 5.73 Å². The van der Waals surface area contributed by atoms with E-state index in [0.717, 1.165) is 25.1 Å². The topological polar surface area (TPSA) is 42.1 Å². The van der Waals surface area contributed by atoms with E-state index >= 15 is 0 Å². The maximum absolute atomic E-state index is 13.5. The summed E-state index contributed by atoms with van der Waals surface area (Å²) in [5.74, 6) is -0.214. The molecule has 2 N–H and O–H groups in total. The number of hydrogen-bond acceptors (Lipinski definition) is 3. The van der Waals surface area contributed by atoms with Gasteiger partial charge in [-0.1, -0.05) is 12.1 Å². The van der Waals surface area contributed by atoms with Crippen molar-refractivity contribution in [3.05, 3.63) is 65.2 Å². The molecule has 1 unspecified atom stereocenters. The Morgan fingerprint density at radius 2 is 2.05 bits per heavy atom. The lowest BCUT2D eigenvalue weighted by molar-refractivity contribution is 0.248. The van der Waals surface area contributed by atoms with Gasteiger partial charge in [-0.05, 0) is 48.7 Å². The largest absolute Gasteiger partial charge is 0.326 e. The predicted octanol–water partition coefficient (Wildman–Crippen LogP) is 3.02. The van der Waals surface area contributed by atoms with Gasteiger partial charge < -0.3 is 5.73 Å². The number of pyridine rings is 1. The van der Waals surface area contributed by atoms with E-state index in [-0.39, 0.29) is 12.4 Å². The van der Waals surface area contributed by atoms with Crippen LogP contribution in [-0.4, -0.2) is 16.4 Å². The highest BCUT2D eigenvalue weighted by atomic mass is 19.1. The molecule has 1 aliphatic rings. The molecule has 0 bridgehead atoms. The fraction of sp³-hybridized carbons (Fsp3) is 0.353. The summed E-state index contributed by atoms with van der Waals surface area (Å²) in [7, 11) is 0. The fourth-order valence-corrected chi connectivity index (χ4v) is 3.10. The number of nitrogens with zero attached hydrogens (tertiary/aromatic N) is 2. The maximum atomic E-state index is 13.5. The minimum Gasteiger partial charge on any atom is -0.326 e. The van der Waals surface area contributed by atoms with Crippen molar-refractivity contribution in [2.24, 2.45) is 5.73 Å². The lowest BCUT2D eigenvalue weighted by Crippen LogP contribution is -2.23. The van der Waals surface area contributed by atoms with E-state index in [1.165, 1.54) is 18.1 Å². The summed E-state index contributed by atoms with van der Waals surface area (Å²) in [6, 6.07) is 9.86. The Balaban J connectivity index is 1.77. The molecular formula is C17H20FN3. The van der Waals surface area contributed by atoms with Crippen LogP contribution in [0, 0.1) is 5.82 Å². The number of rotatable bonds is 4.